The monoisotopic (exact) mass is 233 g/mol. The summed E-state index contributed by atoms with van der Waals surface area (Å²) in [4.78, 5) is 0. The predicted molar refractivity (Wildman–Crippen MR) is 67.6 cm³/mol. The van der Waals surface area contributed by atoms with Crippen molar-refractivity contribution in [2.45, 2.75) is 46.5 Å². The molecule has 3 atom stereocenters. The first-order valence-corrected chi connectivity index (χ1v) is 6.85. The molecule has 0 amide bonds. The molecule has 1 fully saturated rings. The van der Waals surface area contributed by atoms with E-state index >= 15 is 0 Å². The lowest BCUT2D eigenvalue weighted by Gasteiger charge is -2.23. The van der Waals surface area contributed by atoms with Crippen LogP contribution in [-0.4, -0.2) is 15.0 Å². The molecule has 0 spiro atoms. The van der Waals surface area contributed by atoms with E-state index in [-0.39, 0.29) is 0 Å². The van der Waals surface area contributed by atoms with Crippen molar-refractivity contribution < 1.29 is 0 Å². The maximum absolute atomic E-state index is 4.37. The molecule has 1 saturated carbocycles. The highest BCUT2D eigenvalue weighted by atomic mass is 15.4. The predicted octanol–water partition coefficient (Wildman–Crippen LogP) is 2.60. The Kier molecular flexibility index (Phi) is 2.36. The molecule has 3 nitrogen and oxygen atoms in total. The van der Waals surface area contributed by atoms with Crippen LogP contribution in [0.5, 0.6) is 0 Å². The summed E-state index contributed by atoms with van der Waals surface area (Å²) in [6, 6.07) is 0. The first-order valence-electron chi connectivity index (χ1n) is 6.85. The van der Waals surface area contributed by atoms with Gasteiger partial charge in [0.15, 0.2) is 0 Å². The fourth-order valence-electron chi connectivity index (χ4n) is 3.78. The van der Waals surface area contributed by atoms with Crippen LogP contribution in [0.3, 0.4) is 0 Å². The average Bonchev–Trinajstić information content (AvgIpc) is 2.68. The topological polar surface area (TPSA) is 30.7 Å². The molecule has 0 aliphatic heterocycles. The Morgan fingerprint density at radius 3 is 2.82 bits per heavy atom. The second-order valence-electron chi connectivity index (χ2n) is 6.88. The zero-order valence-electron chi connectivity index (χ0n) is 11.4. The summed E-state index contributed by atoms with van der Waals surface area (Å²) in [5.41, 5.74) is 2.99. The number of nitrogens with zero attached hydrogens (tertiary/aromatic N) is 3. The van der Waals surface area contributed by atoms with Gasteiger partial charge in [0, 0.05) is 7.05 Å². The number of fused-ring (bicyclic) bond motifs is 2. The molecule has 0 aromatic carbocycles. The van der Waals surface area contributed by atoms with Gasteiger partial charge in [0.05, 0.1) is 11.4 Å². The second-order valence-corrected chi connectivity index (χ2v) is 6.88. The molecule has 0 radical (unpaired) electrons. The minimum Gasteiger partial charge on any atom is -0.252 e. The van der Waals surface area contributed by atoms with Crippen LogP contribution in [0.1, 0.15) is 45.0 Å². The molecular weight excluding hydrogens is 210 g/mol. The lowest BCUT2D eigenvalue weighted by Crippen LogP contribution is -2.17. The first-order chi connectivity index (χ1) is 7.98. The number of aryl methyl sites for hydroxylation is 1. The van der Waals surface area contributed by atoms with E-state index in [1.54, 1.807) is 0 Å². The Morgan fingerprint density at radius 2 is 2.06 bits per heavy atom. The molecule has 0 bridgehead atoms. The summed E-state index contributed by atoms with van der Waals surface area (Å²) in [7, 11) is 2.03. The first kappa shape index (κ1) is 11.2. The maximum atomic E-state index is 4.37. The van der Waals surface area contributed by atoms with E-state index in [1.165, 1.54) is 30.7 Å². The SMILES string of the molecule is CC1C2CCc3c(nnn3C)CC(C)(C)CC12. The molecule has 2 aliphatic rings. The molecule has 1 aromatic rings. The molecule has 17 heavy (non-hydrogen) atoms. The van der Waals surface area contributed by atoms with Crippen molar-refractivity contribution in [3.05, 3.63) is 11.4 Å². The van der Waals surface area contributed by atoms with E-state index in [0.717, 1.165) is 24.2 Å². The van der Waals surface area contributed by atoms with Gasteiger partial charge < -0.3 is 0 Å². The van der Waals surface area contributed by atoms with E-state index in [1.807, 2.05) is 11.7 Å². The molecule has 3 heteroatoms. The van der Waals surface area contributed by atoms with Crippen molar-refractivity contribution >= 4 is 0 Å². The third-order valence-corrected chi connectivity index (χ3v) is 4.93. The number of aromatic nitrogens is 3. The van der Waals surface area contributed by atoms with Crippen molar-refractivity contribution in [3.8, 4) is 0 Å². The van der Waals surface area contributed by atoms with Gasteiger partial charge in [0.2, 0.25) is 0 Å². The third-order valence-electron chi connectivity index (χ3n) is 4.93. The second kappa shape index (κ2) is 3.56. The van der Waals surface area contributed by atoms with Gasteiger partial charge in [-0.1, -0.05) is 26.0 Å². The largest absolute Gasteiger partial charge is 0.252 e. The van der Waals surface area contributed by atoms with Gasteiger partial charge in [-0.25, -0.2) is 0 Å². The molecule has 0 saturated heterocycles. The smallest absolute Gasteiger partial charge is 0.0864 e. The van der Waals surface area contributed by atoms with E-state index in [9.17, 15) is 0 Å². The summed E-state index contributed by atoms with van der Waals surface area (Å²) in [6.45, 7) is 7.20. The highest BCUT2D eigenvalue weighted by Crippen LogP contribution is 2.55. The Morgan fingerprint density at radius 1 is 1.29 bits per heavy atom. The third kappa shape index (κ3) is 1.90. The van der Waals surface area contributed by atoms with Crippen molar-refractivity contribution in [1.82, 2.24) is 15.0 Å². The number of hydrogen-bond donors (Lipinski definition) is 0. The highest BCUT2D eigenvalue weighted by molar-refractivity contribution is 5.15. The summed E-state index contributed by atoms with van der Waals surface area (Å²) >= 11 is 0. The zero-order valence-corrected chi connectivity index (χ0v) is 11.4. The van der Waals surface area contributed by atoms with E-state index < -0.39 is 0 Å². The minimum absolute atomic E-state index is 0.378. The summed E-state index contributed by atoms with van der Waals surface area (Å²) in [6.07, 6.45) is 4.94. The molecule has 3 rings (SSSR count). The lowest BCUT2D eigenvalue weighted by atomic mass is 9.82. The quantitative estimate of drug-likeness (QED) is 0.689. The van der Waals surface area contributed by atoms with Crippen LogP contribution in [0, 0.1) is 23.2 Å². The van der Waals surface area contributed by atoms with Gasteiger partial charge in [-0.15, -0.1) is 5.10 Å². The highest BCUT2D eigenvalue weighted by Gasteiger charge is 2.48. The summed E-state index contributed by atoms with van der Waals surface area (Å²) in [5.74, 6) is 2.86. The standard InChI is InChI=1S/C14H23N3/c1-9-10-5-6-13-12(15-16-17(13)4)8-14(2,3)7-11(9)10/h9-11H,5-8H2,1-4H3. The van der Waals surface area contributed by atoms with Crippen LogP contribution in [-0.2, 0) is 19.9 Å². The van der Waals surface area contributed by atoms with Crippen LogP contribution in [0.4, 0.5) is 0 Å². The normalized spacial score (nSPS) is 35.2. The molecule has 94 valence electrons. The van der Waals surface area contributed by atoms with Crippen LogP contribution >= 0.6 is 0 Å². The van der Waals surface area contributed by atoms with Crippen molar-refractivity contribution in [3.63, 3.8) is 0 Å². The van der Waals surface area contributed by atoms with Crippen molar-refractivity contribution in [2.75, 3.05) is 0 Å². The van der Waals surface area contributed by atoms with Gasteiger partial charge in [-0.05, 0) is 48.9 Å². The van der Waals surface area contributed by atoms with Crippen LogP contribution < -0.4 is 0 Å². The Bertz CT molecular complexity index is 433. The Hall–Kier alpha value is -0.860. The van der Waals surface area contributed by atoms with Crippen LogP contribution in [0.2, 0.25) is 0 Å². The molecule has 1 heterocycles. The van der Waals surface area contributed by atoms with Crippen LogP contribution in [0.15, 0.2) is 0 Å². The van der Waals surface area contributed by atoms with Gasteiger partial charge in [0.1, 0.15) is 0 Å². The number of hydrogen-bond acceptors (Lipinski definition) is 2. The van der Waals surface area contributed by atoms with Crippen molar-refractivity contribution in [1.29, 1.82) is 0 Å². The number of rotatable bonds is 0. The molecule has 1 aromatic heterocycles. The van der Waals surface area contributed by atoms with Crippen molar-refractivity contribution in [2.24, 2.45) is 30.2 Å². The summed E-state index contributed by atoms with van der Waals surface area (Å²) < 4.78 is 1.98. The molecule has 0 N–H and O–H groups in total. The van der Waals surface area contributed by atoms with Gasteiger partial charge in [-0.2, -0.15) is 0 Å². The Balaban J connectivity index is 1.92. The van der Waals surface area contributed by atoms with E-state index in [2.05, 4.69) is 31.1 Å². The minimum atomic E-state index is 0.378. The average molecular weight is 233 g/mol. The molecule has 3 unspecified atom stereocenters. The molecular formula is C14H23N3. The fourth-order valence-corrected chi connectivity index (χ4v) is 3.78. The van der Waals surface area contributed by atoms with Gasteiger partial charge in [0.25, 0.3) is 0 Å². The Labute approximate surface area is 104 Å². The van der Waals surface area contributed by atoms with Gasteiger partial charge in [-0.3, -0.25) is 4.68 Å². The lowest BCUT2D eigenvalue weighted by molar-refractivity contribution is 0.299. The zero-order chi connectivity index (χ0) is 12.2. The summed E-state index contributed by atoms with van der Waals surface area (Å²) in [5, 5.41) is 8.57. The fraction of sp³-hybridized carbons (Fsp3) is 0.857. The van der Waals surface area contributed by atoms with E-state index in [0.29, 0.717) is 5.41 Å². The van der Waals surface area contributed by atoms with Gasteiger partial charge >= 0.3 is 0 Å². The van der Waals surface area contributed by atoms with Crippen LogP contribution in [0.25, 0.3) is 0 Å². The molecule has 2 aliphatic carbocycles. The maximum Gasteiger partial charge on any atom is 0.0864 e. The van der Waals surface area contributed by atoms with E-state index in [4.69, 9.17) is 0 Å².